The number of nitrogens with two attached hydrogens (primary N) is 1. The molecule has 8 nitrogen and oxygen atoms in total. The fourth-order valence-electron chi connectivity index (χ4n) is 1.31. The van der Waals surface area contributed by atoms with Crippen LogP contribution in [-0.2, 0) is 10.8 Å². The van der Waals surface area contributed by atoms with Crippen LogP contribution in [0.15, 0.2) is 6.33 Å². The van der Waals surface area contributed by atoms with Gasteiger partial charge in [0, 0.05) is 28.9 Å². The third kappa shape index (κ3) is 3.63. The van der Waals surface area contributed by atoms with Crippen molar-refractivity contribution in [2.45, 2.75) is 13.0 Å². The predicted molar refractivity (Wildman–Crippen MR) is 65.1 cm³/mol. The van der Waals surface area contributed by atoms with E-state index in [4.69, 9.17) is 5.73 Å². The smallest absolute Gasteiger partial charge is 0.352 e. The molecule has 0 aliphatic carbocycles. The Balaban J connectivity index is 2.94. The molecule has 0 spiro atoms. The Morgan fingerprint density at radius 2 is 2.29 bits per heavy atom. The Labute approximate surface area is 100 Å². The second-order valence-corrected chi connectivity index (χ2v) is 4.98. The summed E-state index contributed by atoms with van der Waals surface area (Å²) in [6.07, 6.45) is 2.70. The highest BCUT2D eigenvalue weighted by atomic mass is 32.2. The minimum atomic E-state index is -0.999. The Hall–Kier alpha value is -1.77. The Bertz CT molecular complexity index is 453. The average molecular weight is 259 g/mol. The van der Waals surface area contributed by atoms with Crippen molar-refractivity contribution in [2.24, 2.45) is 0 Å². The van der Waals surface area contributed by atoms with Gasteiger partial charge in [-0.15, -0.1) is 0 Å². The first-order valence-electron chi connectivity index (χ1n) is 4.73. The Morgan fingerprint density at radius 1 is 1.65 bits per heavy atom. The van der Waals surface area contributed by atoms with Crippen LogP contribution < -0.4 is 11.1 Å². The van der Waals surface area contributed by atoms with E-state index >= 15 is 0 Å². The molecule has 0 amide bonds. The molecule has 0 saturated heterocycles. The third-order valence-corrected chi connectivity index (χ3v) is 2.87. The van der Waals surface area contributed by atoms with Crippen molar-refractivity contribution < 1.29 is 9.13 Å². The molecular weight excluding hydrogens is 246 g/mol. The second-order valence-electron chi connectivity index (χ2n) is 3.50. The maximum Gasteiger partial charge on any atom is 0.352 e. The molecule has 2 unspecified atom stereocenters. The van der Waals surface area contributed by atoms with Crippen LogP contribution in [0.5, 0.6) is 0 Å². The van der Waals surface area contributed by atoms with E-state index in [0.29, 0.717) is 5.75 Å². The van der Waals surface area contributed by atoms with E-state index in [1.165, 1.54) is 0 Å². The summed E-state index contributed by atoms with van der Waals surface area (Å²) in [5.41, 5.74) is 5.05. The van der Waals surface area contributed by atoms with Crippen molar-refractivity contribution in [3.8, 4) is 0 Å². The van der Waals surface area contributed by atoms with E-state index in [9.17, 15) is 14.3 Å². The number of nitro groups is 1. The summed E-state index contributed by atoms with van der Waals surface area (Å²) < 4.78 is 11.0. The molecular formula is C8H13N5O3S. The molecule has 0 radical (unpaired) electrons. The van der Waals surface area contributed by atoms with E-state index in [1.807, 2.05) is 0 Å². The van der Waals surface area contributed by atoms with Crippen LogP contribution in [0, 0.1) is 10.1 Å². The van der Waals surface area contributed by atoms with Gasteiger partial charge in [-0.05, 0) is 6.92 Å². The molecule has 0 saturated carbocycles. The van der Waals surface area contributed by atoms with Crippen LogP contribution in [0.25, 0.3) is 0 Å². The van der Waals surface area contributed by atoms with Crippen molar-refractivity contribution in [3.63, 3.8) is 0 Å². The standard InChI is InChI=1S/C8H13N5O3S/c1-5(3-17(2)16)12-8-6(13(14)15)7(9)10-4-11-8/h4-5H,3H2,1-2H3,(H3,9,10,11,12). The Morgan fingerprint density at radius 3 is 2.82 bits per heavy atom. The first-order chi connectivity index (χ1) is 7.91. The summed E-state index contributed by atoms with van der Waals surface area (Å²) in [4.78, 5) is 17.5. The lowest BCUT2D eigenvalue weighted by Gasteiger charge is -2.12. The molecule has 1 aromatic heterocycles. The molecule has 17 heavy (non-hydrogen) atoms. The van der Waals surface area contributed by atoms with Gasteiger partial charge in [0.1, 0.15) is 6.33 Å². The largest absolute Gasteiger partial charge is 0.378 e. The monoisotopic (exact) mass is 259 g/mol. The molecule has 0 fully saturated rings. The number of nitrogen functional groups attached to an aromatic ring is 1. The van der Waals surface area contributed by atoms with E-state index < -0.39 is 15.7 Å². The fraction of sp³-hybridized carbons (Fsp3) is 0.500. The lowest BCUT2D eigenvalue weighted by molar-refractivity contribution is -0.383. The molecule has 0 aromatic carbocycles. The summed E-state index contributed by atoms with van der Waals surface area (Å²) in [6.45, 7) is 1.75. The highest BCUT2D eigenvalue weighted by Gasteiger charge is 2.22. The van der Waals surface area contributed by atoms with E-state index in [0.717, 1.165) is 6.33 Å². The van der Waals surface area contributed by atoms with Gasteiger partial charge in [0.05, 0.1) is 4.92 Å². The number of hydrogen-bond donors (Lipinski definition) is 2. The fourth-order valence-corrected chi connectivity index (χ4v) is 2.09. The maximum absolute atomic E-state index is 11.0. The molecule has 3 N–H and O–H groups in total. The van der Waals surface area contributed by atoms with Crippen LogP contribution in [-0.4, -0.2) is 37.2 Å². The number of hydrogen-bond acceptors (Lipinski definition) is 7. The summed E-state index contributed by atoms with van der Waals surface area (Å²) in [5, 5.41) is 13.6. The molecule has 0 aliphatic heterocycles. The lowest BCUT2D eigenvalue weighted by Crippen LogP contribution is -2.23. The molecule has 0 bridgehead atoms. The topological polar surface area (TPSA) is 124 Å². The van der Waals surface area contributed by atoms with Crippen molar-refractivity contribution in [1.82, 2.24) is 9.97 Å². The predicted octanol–water partition coefficient (Wildman–Crippen LogP) is 0.146. The van der Waals surface area contributed by atoms with Gasteiger partial charge in [0.25, 0.3) is 0 Å². The van der Waals surface area contributed by atoms with E-state index in [-0.39, 0.29) is 23.4 Å². The van der Waals surface area contributed by atoms with Gasteiger partial charge >= 0.3 is 5.69 Å². The van der Waals surface area contributed by atoms with Crippen LogP contribution in [0.4, 0.5) is 17.3 Å². The van der Waals surface area contributed by atoms with Gasteiger partial charge in [0.15, 0.2) is 0 Å². The molecule has 94 valence electrons. The normalized spacial score (nSPS) is 14.0. The molecule has 1 heterocycles. The van der Waals surface area contributed by atoms with Crippen LogP contribution in [0.2, 0.25) is 0 Å². The van der Waals surface area contributed by atoms with Crippen molar-refractivity contribution in [1.29, 1.82) is 0 Å². The van der Waals surface area contributed by atoms with E-state index in [1.54, 1.807) is 13.2 Å². The quantitative estimate of drug-likeness (QED) is 0.569. The summed E-state index contributed by atoms with van der Waals surface area (Å²) in [7, 11) is -0.999. The zero-order chi connectivity index (χ0) is 13.0. The van der Waals surface area contributed by atoms with Gasteiger partial charge in [0.2, 0.25) is 11.6 Å². The van der Waals surface area contributed by atoms with Gasteiger partial charge in [-0.3, -0.25) is 14.3 Å². The zero-order valence-corrected chi connectivity index (χ0v) is 10.2. The van der Waals surface area contributed by atoms with Gasteiger partial charge < -0.3 is 11.1 Å². The second kappa shape index (κ2) is 5.53. The molecule has 1 aromatic rings. The van der Waals surface area contributed by atoms with Crippen LogP contribution in [0.1, 0.15) is 6.92 Å². The number of anilines is 2. The zero-order valence-electron chi connectivity index (χ0n) is 9.41. The highest BCUT2D eigenvalue weighted by molar-refractivity contribution is 7.84. The minimum Gasteiger partial charge on any atom is -0.378 e. The number of rotatable bonds is 5. The number of nitrogens with one attached hydrogen (secondary N) is 1. The van der Waals surface area contributed by atoms with Gasteiger partial charge in [-0.2, -0.15) is 0 Å². The maximum atomic E-state index is 11.0. The first-order valence-corrected chi connectivity index (χ1v) is 6.46. The third-order valence-electron chi connectivity index (χ3n) is 1.90. The number of aromatic nitrogens is 2. The van der Waals surface area contributed by atoms with Crippen LogP contribution >= 0.6 is 0 Å². The number of nitrogens with zero attached hydrogens (tertiary/aromatic N) is 3. The van der Waals surface area contributed by atoms with Gasteiger partial charge in [-0.1, -0.05) is 0 Å². The summed E-state index contributed by atoms with van der Waals surface area (Å²) in [6, 6.07) is -0.214. The van der Waals surface area contributed by atoms with Crippen molar-refractivity contribution in [2.75, 3.05) is 23.1 Å². The minimum absolute atomic E-state index is 0.0421. The van der Waals surface area contributed by atoms with Crippen molar-refractivity contribution in [3.05, 3.63) is 16.4 Å². The lowest BCUT2D eigenvalue weighted by atomic mass is 10.3. The Kier molecular flexibility index (Phi) is 4.32. The molecule has 9 heteroatoms. The van der Waals surface area contributed by atoms with E-state index in [2.05, 4.69) is 15.3 Å². The SMILES string of the molecule is CC(CS(C)=O)Nc1ncnc(N)c1[N+](=O)[O-]. The first kappa shape index (κ1) is 13.3. The summed E-state index contributed by atoms with van der Waals surface area (Å²) >= 11 is 0. The highest BCUT2D eigenvalue weighted by Crippen LogP contribution is 2.26. The summed E-state index contributed by atoms with van der Waals surface area (Å²) in [5.74, 6) is 0.207. The average Bonchev–Trinajstić information content (AvgIpc) is 2.15. The molecule has 0 aliphatic rings. The molecule has 2 atom stereocenters. The van der Waals surface area contributed by atoms with Crippen LogP contribution in [0.3, 0.4) is 0 Å². The molecule has 1 rings (SSSR count). The van der Waals surface area contributed by atoms with Gasteiger partial charge in [-0.25, -0.2) is 9.97 Å². The van der Waals surface area contributed by atoms with Crippen molar-refractivity contribution >= 4 is 28.1 Å².